The summed E-state index contributed by atoms with van der Waals surface area (Å²) >= 11 is 0. The fourth-order valence-corrected chi connectivity index (χ4v) is 4.35. The first-order valence-corrected chi connectivity index (χ1v) is 10.1. The molecule has 0 bridgehead atoms. The minimum absolute atomic E-state index is 0.0138. The second kappa shape index (κ2) is 7.39. The fourth-order valence-electron chi connectivity index (χ4n) is 4.35. The molecule has 0 radical (unpaired) electrons. The van der Waals surface area contributed by atoms with E-state index in [1.165, 1.54) is 25.3 Å². The van der Waals surface area contributed by atoms with Crippen LogP contribution in [-0.4, -0.2) is 11.9 Å². The normalized spacial score (nSPS) is 23.2. The number of benzene rings is 1. The number of rotatable bonds is 5. The van der Waals surface area contributed by atoms with E-state index in [9.17, 15) is 18.0 Å². The van der Waals surface area contributed by atoms with E-state index in [4.69, 9.17) is 0 Å². The van der Waals surface area contributed by atoms with Crippen LogP contribution in [0.1, 0.15) is 54.7 Å². The predicted octanol–water partition coefficient (Wildman–Crippen LogP) is 5.10. The summed E-state index contributed by atoms with van der Waals surface area (Å²) in [6.45, 7) is 5.65. The standard InChI is InChI=1S/C23H25F3N2O/c1-13-11-16(5-8-20(13)23(24,25)26)19(12-17-6-10-22(29)28-17)21-9-7-18(14(2)27-21)15-3-4-15/h5,7-9,11,15,17,19,27H,2-4,6,10,12H2,1H3,(H,28,29)/t17-,19?/m1/s1. The molecule has 3 aliphatic rings. The molecule has 6 heteroatoms. The number of halogens is 3. The van der Waals surface area contributed by atoms with Crippen LogP contribution in [0.3, 0.4) is 0 Å². The second-order valence-corrected chi connectivity index (χ2v) is 8.29. The maximum Gasteiger partial charge on any atom is 0.416 e. The van der Waals surface area contributed by atoms with Crippen molar-refractivity contribution in [3.05, 3.63) is 70.6 Å². The van der Waals surface area contributed by atoms with Gasteiger partial charge in [-0.25, -0.2) is 0 Å². The van der Waals surface area contributed by atoms with Crippen LogP contribution in [0.2, 0.25) is 0 Å². The lowest BCUT2D eigenvalue weighted by molar-refractivity contribution is -0.138. The van der Waals surface area contributed by atoms with Gasteiger partial charge in [-0.3, -0.25) is 4.79 Å². The van der Waals surface area contributed by atoms with Gasteiger partial charge < -0.3 is 10.6 Å². The van der Waals surface area contributed by atoms with Crippen LogP contribution in [0.15, 0.2) is 53.9 Å². The lowest BCUT2D eigenvalue weighted by atomic mass is 9.85. The molecule has 4 rings (SSSR count). The van der Waals surface area contributed by atoms with Gasteiger partial charge in [0.15, 0.2) is 0 Å². The van der Waals surface area contributed by atoms with E-state index in [1.54, 1.807) is 12.1 Å². The molecular weight excluding hydrogens is 377 g/mol. The predicted molar refractivity (Wildman–Crippen MR) is 106 cm³/mol. The number of amides is 1. The molecule has 1 aromatic carbocycles. The second-order valence-electron chi connectivity index (χ2n) is 8.29. The Morgan fingerprint density at radius 2 is 1.97 bits per heavy atom. The lowest BCUT2D eigenvalue weighted by Crippen LogP contribution is -2.30. The summed E-state index contributed by atoms with van der Waals surface area (Å²) in [5.74, 6) is 0.449. The van der Waals surface area contributed by atoms with Crippen molar-refractivity contribution in [2.24, 2.45) is 5.92 Å². The highest BCUT2D eigenvalue weighted by Gasteiger charge is 2.34. The van der Waals surface area contributed by atoms with E-state index in [0.29, 0.717) is 18.8 Å². The highest BCUT2D eigenvalue weighted by atomic mass is 19.4. The number of hydrogen-bond acceptors (Lipinski definition) is 2. The van der Waals surface area contributed by atoms with Crippen LogP contribution in [0.4, 0.5) is 13.2 Å². The maximum atomic E-state index is 13.2. The van der Waals surface area contributed by atoms with Gasteiger partial charge in [-0.2, -0.15) is 13.2 Å². The van der Waals surface area contributed by atoms with Crippen LogP contribution in [0, 0.1) is 12.8 Å². The number of hydrogen-bond donors (Lipinski definition) is 2. The monoisotopic (exact) mass is 402 g/mol. The third kappa shape index (κ3) is 4.26. The molecule has 154 valence electrons. The molecule has 1 aromatic rings. The van der Waals surface area contributed by atoms with Crippen molar-refractivity contribution in [3.63, 3.8) is 0 Å². The third-order valence-electron chi connectivity index (χ3n) is 6.04. The summed E-state index contributed by atoms with van der Waals surface area (Å²) < 4.78 is 39.6. The van der Waals surface area contributed by atoms with E-state index in [1.807, 2.05) is 6.08 Å². The highest BCUT2D eigenvalue weighted by Crippen LogP contribution is 2.42. The fraction of sp³-hybridized carbons (Fsp3) is 0.435. The molecule has 29 heavy (non-hydrogen) atoms. The lowest BCUT2D eigenvalue weighted by Gasteiger charge is -2.29. The Hall–Kier alpha value is -2.50. The Morgan fingerprint density at radius 1 is 1.21 bits per heavy atom. The van der Waals surface area contributed by atoms with E-state index in [2.05, 4.69) is 23.3 Å². The van der Waals surface area contributed by atoms with E-state index >= 15 is 0 Å². The van der Waals surface area contributed by atoms with Crippen molar-refractivity contribution in [1.82, 2.24) is 10.6 Å². The topological polar surface area (TPSA) is 41.1 Å². The van der Waals surface area contributed by atoms with Gasteiger partial charge in [0.05, 0.1) is 5.56 Å². The molecule has 0 aromatic heterocycles. The third-order valence-corrected chi connectivity index (χ3v) is 6.04. The maximum absolute atomic E-state index is 13.2. The molecule has 1 unspecified atom stereocenters. The van der Waals surface area contributed by atoms with Crippen molar-refractivity contribution in [3.8, 4) is 0 Å². The van der Waals surface area contributed by atoms with Crippen LogP contribution in [0.5, 0.6) is 0 Å². The summed E-state index contributed by atoms with van der Waals surface area (Å²) in [5, 5.41) is 6.38. The molecule has 2 fully saturated rings. The number of allylic oxidation sites excluding steroid dienone is 4. The molecule has 1 aliphatic carbocycles. The van der Waals surface area contributed by atoms with Gasteiger partial charge in [-0.1, -0.05) is 24.8 Å². The molecule has 0 spiro atoms. The number of dihydropyridines is 1. The zero-order chi connectivity index (χ0) is 20.8. The van der Waals surface area contributed by atoms with Crippen molar-refractivity contribution < 1.29 is 18.0 Å². The van der Waals surface area contributed by atoms with E-state index in [-0.39, 0.29) is 23.4 Å². The Bertz CT molecular complexity index is 909. The molecule has 2 atom stereocenters. The molecule has 1 saturated carbocycles. The summed E-state index contributed by atoms with van der Waals surface area (Å²) in [7, 11) is 0. The quantitative estimate of drug-likeness (QED) is 0.719. The molecule has 1 saturated heterocycles. The molecule has 1 amide bonds. The first kappa shape index (κ1) is 19.8. The van der Waals surface area contributed by atoms with Gasteiger partial charge in [0.25, 0.3) is 0 Å². The van der Waals surface area contributed by atoms with E-state index in [0.717, 1.165) is 29.4 Å². The Kier molecular flexibility index (Phi) is 5.05. The number of carbonyl (C=O) groups excluding carboxylic acids is 1. The summed E-state index contributed by atoms with van der Waals surface area (Å²) in [6, 6.07) is 4.35. The van der Waals surface area contributed by atoms with Gasteiger partial charge in [-0.15, -0.1) is 0 Å². The molecule has 3 nitrogen and oxygen atoms in total. The van der Waals surface area contributed by atoms with Crippen molar-refractivity contribution in [2.75, 3.05) is 0 Å². The minimum atomic E-state index is -4.36. The van der Waals surface area contributed by atoms with E-state index < -0.39 is 11.7 Å². The van der Waals surface area contributed by atoms with Crippen LogP contribution < -0.4 is 10.6 Å². The molecular formula is C23H25F3N2O. The van der Waals surface area contributed by atoms with Crippen LogP contribution in [0.25, 0.3) is 0 Å². The smallest absolute Gasteiger partial charge is 0.359 e. The van der Waals surface area contributed by atoms with Crippen molar-refractivity contribution >= 4 is 5.91 Å². The van der Waals surface area contributed by atoms with Crippen LogP contribution >= 0.6 is 0 Å². The summed E-state index contributed by atoms with van der Waals surface area (Å²) in [5.41, 5.74) is 3.41. The summed E-state index contributed by atoms with van der Waals surface area (Å²) in [4.78, 5) is 11.6. The molecule has 2 aliphatic heterocycles. The Labute approximate surface area is 168 Å². The number of nitrogens with one attached hydrogen (secondary N) is 2. The van der Waals surface area contributed by atoms with Gasteiger partial charge >= 0.3 is 6.18 Å². The minimum Gasteiger partial charge on any atom is -0.359 e. The zero-order valence-corrected chi connectivity index (χ0v) is 16.4. The molecule has 2 N–H and O–H groups in total. The number of alkyl halides is 3. The largest absolute Gasteiger partial charge is 0.416 e. The number of carbonyl (C=O) groups is 1. The van der Waals surface area contributed by atoms with Gasteiger partial charge in [0.2, 0.25) is 5.91 Å². The van der Waals surface area contributed by atoms with Gasteiger partial charge in [0, 0.05) is 29.8 Å². The highest BCUT2D eigenvalue weighted by molar-refractivity contribution is 5.78. The van der Waals surface area contributed by atoms with Crippen molar-refractivity contribution in [1.29, 1.82) is 0 Å². The Morgan fingerprint density at radius 3 is 2.52 bits per heavy atom. The SMILES string of the molecule is C=C1NC(C(C[C@H]2CCC(=O)N2)c2ccc(C(F)(F)F)c(C)c2)=CC=C1C1CC1. The zero-order valence-electron chi connectivity index (χ0n) is 16.4. The average molecular weight is 402 g/mol. The van der Waals surface area contributed by atoms with Gasteiger partial charge in [-0.05, 0) is 67.4 Å². The number of aryl methyl sites for hydroxylation is 1. The van der Waals surface area contributed by atoms with Crippen LogP contribution in [-0.2, 0) is 11.0 Å². The van der Waals surface area contributed by atoms with Crippen molar-refractivity contribution in [2.45, 2.75) is 57.2 Å². The molecule has 2 heterocycles. The first-order valence-electron chi connectivity index (χ1n) is 10.1. The van der Waals surface area contributed by atoms with Gasteiger partial charge in [0.1, 0.15) is 0 Å². The summed E-state index contributed by atoms with van der Waals surface area (Å²) in [6.07, 6.45) is 3.96. The average Bonchev–Trinajstić information content (AvgIpc) is 3.40. The Balaban J connectivity index is 1.66. The first-order chi connectivity index (χ1) is 13.7.